The van der Waals surface area contributed by atoms with E-state index >= 15 is 0 Å². The molecule has 1 rings (SSSR count). The van der Waals surface area contributed by atoms with Gasteiger partial charge in [-0.1, -0.05) is 25.1 Å². The molecule has 0 heterocycles. The van der Waals surface area contributed by atoms with E-state index in [2.05, 4.69) is 67.9 Å². The molecule has 0 bridgehead atoms. The SMILES string of the molecule is CCSCCCCSCCCOc1ccccc1C(C)SC. The lowest BCUT2D eigenvalue weighted by molar-refractivity contribution is 0.315. The highest BCUT2D eigenvalue weighted by Gasteiger charge is 2.09. The summed E-state index contributed by atoms with van der Waals surface area (Å²) in [4.78, 5) is 0. The molecule has 1 nitrogen and oxygen atoms in total. The molecule has 1 aromatic carbocycles. The zero-order valence-corrected chi connectivity index (χ0v) is 16.6. The quantitative estimate of drug-likeness (QED) is 0.391. The van der Waals surface area contributed by atoms with Crippen LogP contribution in [0.4, 0.5) is 0 Å². The van der Waals surface area contributed by atoms with E-state index in [9.17, 15) is 0 Å². The van der Waals surface area contributed by atoms with E-state index in [1.165, 1.54) is 41.4 Å². The molecule has 0 aliphatic heterocycles. The summed E-state index contributed by atoms with van der Waals surface area (Å²) < 4.78 is 5.99. The van der Waals surface area contributed by atoms with Crippen molar-refractivity contribution in [2.75, 3.05) is 35.9 Å². The summed E-state index contributed by atoms with van der Waals surface area (Å²) in [5.74, 6) is 6.14. The standard InChI is InChI=1S/C18H30OS3/c1-4-21-13-7-8-14-22-15-9-12-19-18-11-6-5-10-17(18)16(2)20-3/h5-6,10-11,16H,4,7-9,12-15H2,1-3H3. The zero-order valence-electron chi connectivity index (χ0n) is 14.2. The van der Waals surface area contributed by atoms with Gasteiger partial charge in [-0.15, -0.1) is 0 Å². The summed E-state index contributed by atoms with van der Waals surface area (Å²) in [7, 11) is 0. The van der Waals surface area contributed by atoms with E-state index in [4.69, 9.17) is 4.74 Å². The van der Waals surface area contributed by atoms with Crippen molar-refractivity contribution in [3.05, 3.63) is 29.8 Å². The van der Waals surface area contributed by atoms with Gasteiger partial charge in [0.15, 0.2) is 0 Å². The van der Waals surface area contributed by atoms with Crippen LogP contribution in [0.15, 0.2) is 24.3 Å². The first-order chi connectivity index (χ1) is 10.8. The molecular weight excluding hydrogens is 328 g/mol. The third-order valence-corrected chi connectivity index (χ3v) is 6.53. The minimum absolute atomic E-state index is 0.492. The Morgan fingerprint density at radius 1 is 1.00 bits per heavy atom. The van der Waals surface area contributed by atoms with Crippen molar-refractivity contribution in [2.45, 2.75) is 38.4 Å². The van der Waals surface area contributed by atoms with Gasteiger partial charge in [-0.25, -0.2) is 0 Å². The molecule has 1 aromatic rings. The maximum absolute atomic E-state index is 5.99. The van der Waals surface area contributed by atoms with Gasteiger partial charge in [0.1, 0.15) is 5.75 Å². The number of para-hydroxylation sites is 1. The molecule has 0 aromatic heterocycles. The van der Waals surface area contributed by atoms with Gasteiger partial charge >= 0.3 is 0 Å². The van der Waals surface area contributed by atoms with E-state index < -0.39 is 0 Å². The topological polar surface area (TPSA) is 9.23 Å². The lowest BCUT2D eigenvalue weighted by atomic mass is 10.1. The number of ether oxygens (including phenoxy) is 1. The van der Waals surface area contributed by atoms with E-state index in [0.29, 0.717) is 5.25 Å². The Morgan fingerprint density at radius 3 is 2.41 bits per heavy atom. The monoisotopic (exact) mass is 358 g/mol. The predicted octanol–water partition coefficient (Wildman–Crippen LogP) is 6.15. The van der Waals surface area contributed by atoms with Crippen molar-refractivity contribution in [1.29, 1.82) is 0 Å². The minimum Gasteiger partial charge on any atom is -0.493 e. The van der Waals surface area contributed by atoms with Crippen LogP contribution < -0.4 is 4.74 Å². The number of rotatable bonds is 13. The molecule has 126 valence electrons. The third-order valence-electron chi connectivity index (χ3n) is 3.43. The molecule has 1 unspecified atom stereocenters. The summed E-state index contributed by atoms with van der Waals surface area (Å²) in [5, 5.41) is 0.492. The van der Waals surface area contributed by atoms with Crippen molar-refractivity contribution in [1.82, 2.24) is 0 Å². The first-order valence-electron chi connectivity index (χ1n) is 8.19. The molecule has 4 heteroatoms. The zero-order chi connectivity index (χ0) is 16.0. The molecule has 0 fully saturated rings. The van der Waals surface area contributed by atoms with Gasteiger partial charge in [0.25, 0.3) is 0 Å². The second-order valence-electron chi connectivity index (χ2n) is 5.13. The fourth-order valence-electron chi connectivity index (χ4n) is 2.07. The summed E-state index contributed by atoms with van der Waals surface area (Å²) in [6.45, 7) is 5.30. The van der Waals surface area contributed by atoms with Gasteiger partial charge in [-0.05, 0) is 61.5 Å². The van der Waals surface area contributed by atoms with Crippen LogP contribution in [0, 0.1) is 0 Å². The largest absolute Gasteiger partial charge is 0.493 e. The Bertz CT molecular complexity index is 384. The Balaban J connectivity index is 2.10. The highest BCUT2D eigenvalue weighted by atomic mass is 32.2. The third kappa shape index (κ3) is 8.64. The lowest BCUT2D eigenvalue weighted by Crippen LogP contribution is -2.02. The normalized spacial score (nSPS) is 12.3. The molecular formula is C18H30OS3. The Hall–Kier alpha value is 0.0700. The van der Waals surface area contributed by atoms with Gasteiger partial charge in [-0.3, -0.25) is 0 Å². The van der Waals surface area contributed by atoms with Crippen molar-refractivity contribution >= 4 is 35.3 Å². The number of unbranched alkanes of at least 4 members (excludes halogenated alkanes) is 1. The smallest absolute Gasteiger partial charge is 0.123 e. The van der Waals surface area contributed by atoms with Crippen LogP contribution in [-0.2, 0) is 0 Å². The second-order valence-corrected chi connectivity index (χ2v) is 8.93. The van der Waals surface area contributed by atoms with Gasteiger partial charge < -0.3 is 4.74 Å². The molecule has 22 heavy (non-hydrogen) atoms. The van der Waals surface area contributed by atoms with Crippen LogP contribution in [0.5, 0.6) is 5.75 Å². The number of hydrogen-bond donors (Lipinski definition) is 0. The van der Waals surface area contributed by atoms with E-state index in [1.54, 1.807) is 0 Å². The summed E-state index contributed by atoms with van der Waals surface area (Å²) in [6.07, 6.45) is 6.00. The lowest BCUT2D eigenvalue weighted by Gasteiger charge is -2.15. The molecule has 0 amide bonds. The first-order valence-corrected chi connectivity index (χ1v) is 11.8. The van der Waals surface area contributed by atoms with Gasteiger partial charge in [-0.2, -0.15) is 35.3 Å². The molecule has 0 radical (unpaired) electrons. The Morgan fingerprint density at radius 2 is 1.68 bits per heavy atom. The van der Waals surface area contributed by atoms with Crippen LogP contribution >= 0.6 is 35.3 Å². The number of benzene rings is 1. The van der Waals surface area contributed by atoms with Gasteiger partial charge in [0.2, 0.25) is 0 Å². The van der Waals surface area contributed by atoms with Crippen LogP contribution in [0.25, 0.3) is 0 Å². The number of thioether (sulfide) groups is 3. The van der Waals surface area contributed by atoms with Crippen LogP contribution in [0.1, 0.15) is 43.9 Å². The van der Waals surface area contributed by atoms with Crippen molar-refractivity contribution in [3.8, 4) is 5.75 Å². The van der Waals surface area contributed by atoms with Gasteiger partial charge in [0.05, 0.1) is 6.61 Å². The van der Waals surface area contributed by atoms with Crippen LogP contribution in [0.3, 0.4) is 0 Å². The van der Waals surface area contributed by atoms with Crippen LogP contribution in [-0.4, -0.2) is 35.9 Å². The van der Waals surface area contributed by atoms with Gasteiger partial charge in [0, 0.05) is 10.8 Å². The maximum Gasteiger partial charge on any atom is 0.123 e. The van der Waals surface area contributed by atoms with Crippen molar-refractivity contribution in [2.24, 2.45) is 0 Å². The predicted molar refractivity (Wildman–Crippen MR) is 108 cm³/mol. The molecule has 0 saturated carbocycles. The highest BCUT2D eigenvalue weighted by molar-refractivity contribution is 7.99. The molecule has 0 N–H and O–H groups in total. The number of hydrogen-bond acceptors (Lipinski definition) is 4. The first kappa shape index (κ1) is 20.1. The molecule has 0 spiro atoms. The second kappa shape index (κ2) is 13.5. The molecule has 0 aliphatic rings. The maximum atomic E-state index is 5.99. The average molecular weight is 359 g/mol. The highest BCUT2D eigenvalue weighted by Crippen LogP contribution is 2.32. The summed E-state index contributed by atoms with van der Waals surface area (Å²) in [5.41, 5.74) is 1.32. The fourth-order valence-corrected chi connectivity index (χ4v) is 4.15. The van der Waals surface area contributed by atoms with Crippen molar-refractivity contribution < 1.29 is 4.74 Å². The van der Waals surface area contributed by atoms with E-state index in [0.717, 1.165) is 18.8 Å². The Labute approximate surface area is 149 Å². The fraction of sp³-hybridized carbons (Fsp3) is 0.667. The molecule has 0 aliphatic carbocycles. The van der Waals surface area contributed by atoms with E-state index in [1.807, 2.05) is 11.8 Å². The minimum atomic E-state index is 0.492. The summed E-state index contributed by atoms with van der Waals surface area (Å²) in [6, 6.07) is 8.44. The summed E-state index contributed by atoms with van der Waals surface area (Å²) >= 11 is 5.98. The van der Waals surface area contributed by atoms with Crippen molar-refractivity contribution in [3.63, 3.8) is 0 Å². The average Bonchev–Trinajstić information content (AvgIpc) is 2.56. The molecule has 0 saturated heterocycles. The van der Waals surface area contributed by atoms with E-state index in [-0.39, 0.29) is 0 Å². The molecule has 1 atom stereocenters. The Kier molecular flexibility index (Phi) is 12.3. The van der Waals surface area contributed by atoms with Crippen LogP contribution in [0.2, 0.25) is 0 Å².